The van der Waals surface area contributed by atoms with Crippen molar-refractivity contribution >= 4 is 23.5 Å². The molecule has 2 atom stereocenters. The lowest BCUT2D eigenvalue weighted by atomic mass is 9.87. The maximum atomic E-state index is 12.8. The average Bonchev–Trinajstić information content (AvgIpc) is 2.93. The first-order chi connectivity index (χ1) is 10.4. The molecule has 0 saturated carbocycles. The highest BCUT2D eigenvalue weighted by atomic mass is 35.5. The Kier molecular flexibility index (Phi) is 5.42. The number of carboxylic acid groups (broad SMARTS) is 1. The van der Waals surface area contributed by atoms with Crippen molar-refractivity contribution in [3.05, 3.63) is 34.9 Å². The summed E-state index contributed by atoms with van der Waals surface area (Å²) < 4.78 is 0. The first kappa shape index (κ1) is 16.8. The van der Waals surface area contributed by atoms with E-state index in [1.165, 1.54) is 4.90 Å². The molecule has 2 N–H and O–H groups in total. The quantitative estimate of drug-likeness (QED) is 0.868. The van der Waals surface area contributed by atoms with Crippen LogP contribution in [0.3, 0.4) is 0 Å². The van der Waals surface area contributed by atoms with Gasteiger partial charge in [-0.15, -0.1) is 0 Å². The van der Waals surface area contributed by atoms with E-state index in [0.717, 1.165) is 5.56 Å². The molecule has 0 spiro atoms. The van der Waals surface area contributed by atoms with Gasteiger partial charge < -0.3 is 15.3 Å². The second kappa shape index (κ2) is 7.11. The van der Waals surface area contributed by atoms with Gasteiger partial charge in [0.05, 0.1) is 5.92 Å². The Morgan fingerprint density at radius 1 is 1.32 bits per heavy atom. The van der Waals surface area contributed by atoms with Crippen LogP contribution in [-0.4, -0.2) is 47.6 Å². The number of halogens is 1. The zero-order chi connectivity index (χ0) is 16.3. The smallest absolute Gasteiger partial charge is 0.323 e. The van der Waals surface area contributed by atoms with Crippen molar-refractivity contribution in [3.63, 3.8) is 0 Å². The highest BCUT2D eigenvalue weighted by Gasteiger charge is 2.37. The van der Waals surface area contributed by atoms with Crippen LogP contribution in [0.2, 0.25) is 5.02 Å². The van der Waals surface area contributed by atoms with Gasteiger partial charge in [0.1, 0.15) is 6.54 Å². The van der Waals surface area contributed by atoms with Gasteiger partial charge in [0.15, 0.2) is 0 Å². The number of carboxylic acids is 1. The largest absolute Gasteiger partial charge is 0.480 e. The average molecular weight is 325 g/mol. The molecule has 1 fully saturated rings. The van der Waals surface area contributed by atoms with Crippen molar-refractivity contribution in [1.82, 2.24) is 10.2 Å². The summed E-state index contributed by atoms with van der Waals surface area (Å²) in [4.78, 5) is 25.2. The minimum atomic E-state index is -0.990. The number of carbonyl (C=O) groups excluding carboxylic acids is 1. The number of nitrogens with one attached hydrogen (secondary N) is 1. The first-order valence-electron chi connectivity index (χ1n) is 7.38. The molecule has 1 amide bonds. The Balaban J connectivity index is 2.19. The maximum absolute atomic E-state index is 12.8. The van der Waals surface area contributed by atoms with Crippen LogP contribution in [0.1, 0.15) is 25.3 Å². The van der Waals surface area contributed by atoms with Crippen molar-refractivity contribution < 1.29 is 14.7 Å². The van der Waals surface area contributed by atoms with Gasteiger partial charge in [-0.25, -0.2) is 0 Å². The fourth-order valence-corrected chi connectivity index (χ4v) is 3.00. The van der Waals surface area contributed by atoms with Crippen LogP contribution in [-0.2, 0) is 9.59 Å². The monoisotopic (exact) mass is 324 g/mol. The number of hydrogen-bond donors (Lipinski definition) is 2. The number of nitrogens with zero attached hydrogens (tertiary/aromatic N) is 1. The van der Waals surface area contributed by atoms with Gasteiger partial charge in [-0.1, -0.05) is 23.7 Å². The van der Waals surface area contributed by atoms with Gasteiger partial charge in [-0.05, 0) is 31.5 Å². The first-order valence-corrected chi connectivity index (χ1v) is 7.76. The third-order valence-corrected chi connectivity index (χ3v) is 4.29. The van der Waals surface area contributed by atoms with E-state index in [1.807, 2.05) is 38.1 Å². The van der Waals surface area contributed by atoms with Crippen LogP contribution < -0.4 is 5.32 Å². The van der Waals surface area contributed by atoms with Gasteiger partial charge >= 0.3 is 5.97 Å². The molecule has 5 nitrogen and oxygen atoms in total. The van der Waals surface area contributed by atoms with Crippen LogP contribution in [0.4, 0.5) is 0 Å². The van der Waals surface area contributed by atoms with Gasteiger partial charge in [0.2, 0.25) is 5.91 Å². The lowest BCUT2D eigenvalue weighted by Gasteiger charge is -2.30. The third kappa shape index (κ3) is 3.78. The lowest BCUT2D eigenvalue weighted by molar-refractivity contribution is -0.147. The number of aliphatic carboxylic acids is 1. The number of rotatable bonds is 5. The molecular weight excluding hydrogens is 304 g/mol. The Morgan fingerprint density at radius 2 is 1.95 bits per heavy atom. The molecule has 2 rings (SSSR count). The Hall–Kier alpha value is -1.59. The summed E-state index contributed by atoms with van der Waals surface area (Å²) in [7, 11) is 0. The van der Waals surface area contributed by atoms with Gasteiger partial charge in [0, 0.05) is 30.1 Å². The maximum Gasteiger partial charge on any atom is 0.323 e. The Labute approximate surface area is 135 Å². The van der Waals surface area contributed by atoms with E-state index in [-0.39, 0.29) is 30.3 Å². The van der Waals surface area contributed by atoms with Gasteiger partial charge in [-0.2, -0.15) is 0 Å². The van der Waals surface area contributed by atoms with Crippen LogP contribution in [0.15, 0.2) is 24.3 Å². The molecule has 1 aromatic rings. The molecule has 0 unspecified atom stereocenters. The van der Waals surface area contributed by atoms with Crippen molar-refractivity contribution in [2.75, 3.05) is 19.6 Å². The Morgan fingerprint density at radius 3 is 2.50 bits per heavy atom. The van der Waals surface area contributed by atoms with E-state index >= 15 is 0 Å². The van der Waals surface area contributed by atoms with Crippen LogP contribution >= 0.6 is 11.6 Å². The summed E-state index contributed by atoms with van der Waals surface area (Å²) in [5.74, 6) is -1.30. The summed E-state index contributed by atoms with van der Waals surface area (Å²) >= 11 is 5.91. The molecular formula is C16H21ClN2O3. The molecule has 0 aliphatic carbocycles. The van der Waals surface area contributed by atoms with E-state index in [9.17, 15) is 9.59 Å². The zero-order valence-electron chi connectivity index (χ0n) is 12.8. The standard InChI is InChI=1S/C16H21ClN2O3/c1-10(2)19(9-15(20)21)16(22)14-8-18-7-13(14)11-3-5-12(17)6-4-11/h3-6,10,13-14,18H,7-9H2,1-2H3,(H,20,21)/t13-,14+/m0/s1. The summed E-state index contributed by atoms with van der Waals surface area (Å²) in [6.45, 7) is 4.67. The number of hydrogen-bond acceptors (Lipinski definition) is 3. The number of amides is 1. The lowest BCUT2D eigenvalue weighted by Crippen LogP contribution is -2.45. The molecule has 6 heteroatoms. The van der Waals surface area contributed by atoms with Crippen LogP contribution in [0.5, 0.6) is 0 Å². The fourth-order valence-electron chi connectivity index (χ4n) is 2.87. The molecule has 22 heavy (non-hydrogen) atoms. The zero-order valence-corrected chi connectivity index (χ0v) is 13.5. The van der Waals surface area contributed by atoms with Crippen LogP contribution in [0.25, 0.3) is 0 Å². The Bertz CT molecular complexity index is 545. The van der Waals surface area contributed by atoms with Crippen molar-refractivity contribution in [2.24, 2.45) is 5.92 Å². The predicted octanol–water partition coefficient (Wildman–Crippen LogP) is 1.96. The topological polar surface area (TPSA) is 69.6 Å². The minimum absolute atomic E-state index is 0.0415. The number of benzene rings is 1. The molecule has 0 radical (unpaired) electrons. The molecule has 1 saturated heterocycles. The third-order valence-electron chi connectivity index (χ3n) is 4.04. The van der Waals surface area contributed by atoms with E-state index in [4.69, 9.17) is 16.7 Å². The van der Waals surface area contributed by atoms with E-state index < -0.39 is 5.97 Å². The molecule has 120 valence electrons. The molecule has 0 bridgehead atoms. The molecule has 1 aliphatic rings. The predicted molar refractivity (Wildman–Crippen MR) is 85.0 cm³/mol. The van der Waals surface area contributed by atoms with Gasteiger partial charge in [0.25, 0.3) is 0 Å². The molecule has 1 aliphatic heterocycles. The van der Waals surface area contributed by atoms with Crippen molar-refractivity contribution in [2.45, 2.75) is 25.8 Å². The van der Waals surface area contributed by atoms with Crippen molar-refractivity contribution in [1.29, 1.82) is 0 Å². The van der Waals surface area contributed by atoms with Crippen molar-refractivity contribution in [3.8, 4) is 0 Å². The number of carbonyl (C=O) groups is 2. The fraction of sp³-hybridized carbons (Fsp3) is 0.500. The summed E-state index contributed by atoms with van der Waals surface area (Å²) in [6, 6.07) is 7.34. The normalized spacial score (nSPS) is 21.1. The second-order valence-corrected chi connectivity index (χ2v) is 6.31. The van der Waals surface area contributed by atoms with E-state index in [1.54, 1.807) is 0 Å². The highest BCUT2D eigenvalue weighted by molar-refractivity contribution is 6.30. The van der Waals surface area contributed by atoms with Gasteiger partial charge in [-0.3, -0.25) is 9.59 Å². The minimum Gasteiger partial charge on any atom is -0.480 e. The highest BCUT2D eigenvalue weighted by Crippen LogP contribution is 2.30. The SMILES string of the molecule is CC(C)N(CC(=O)O)C(=O)[C@@H]1CNC[C@H]1c1ccc(Cl)cc1. The summed E-state index contributed by atoms with van der Waals surface area (Å²) in [6.07, 6.45) is 0. The summed E-state index contributed by atoms with van der Waals surface area (Å²) in [5.41, 5.74) is 1.05. The van der Waals surface area contributed by atoms with E-state index in [0.29, 0.717) is 18.1 Å². The van der Waals surface area contributed by atoms with E-state index in [2.05, 4.69) is 5.32 Å². The second-order valence-electron chi connectivity index (χ2n) is 5.88. The molecule has 1 aromatic carbocycles. The van der Waals surface area contributed by atoms with Crippen LogP contribution in [0, 0.1) is 5.92 Å². The molecule has 0 aromatic heterocycles. The molecule has 1 heterocycles. The summed E-state index contributed by atoms with van der Waals surface area (Å²) in [5, 5.41) is 12.9.